The number of amides is 1. The molecular formula is C8H10ClN3O2. The highest BCUT2D eigenvalue weighted by Crippen LogP contribution is 1.88. The van der Waals surface area contributed by atoms with Crippen LogP contribution in [-0.2, 0) is 0 Å². The topological polar surface area (TPSA) is 74.8 Å². The first-order valence-electron chi connectivity index (χ1n) is 4.13. The second-order valence-electron chi connectivity index (χ2n) is 2.59. The highest BCUT2D eigenvalue weighted by Gasteiger charge is 2.05. The number of alkyl halides is 1. The Hall–Kier alpha value is -1.36. The van der Waals surface area contributed by atoms with E-state index in [0.717, 1.165) is 6.20 Å². The maximum atomic E-state index is 11.3. The molecule has 0 aliphatic rings. The molecule has 0 unspecified atom stereocenters. The number of aromatic nitrogens is 2. The van der Waals surface area contributed by atoms with E-state index < -0.39 is 0 Å². The predicted octanol–water partition coefficient (Wildman–Crippen LogP) is 0.129. The van der Waals surface area contributed by atoms with Crippen LogP contribution in [0.1, 0.15) is 16.9 Å². The molecule has 0 aliphatic carbocycles. The summed E-state index contributed by atoms with van der Waals surface area (Å²) in [5.74, 6) is 0.186. The highest BCUT2D eigenvalue weighted by atomic mass is 35.5. The summed E-state index contributed by atoms with van der Waals surface area (Å²) < 4.78 is 0. The van der Waals surface area contributed by atoms with Gasteiger partial charge in [-0.15, -0.1) is 11.6 Å². The molecule has 0 radical (unpaired) electrons. The summed E-state index contributed by atoms with van der Waals surface area (Å²) in [6.45, 7) is 0.503. The Balaban J connectivity index is 2.52. The molecule has 1 heterocycles. The monoisotopic (exact) mass is 215 g/mol. The van der Waals surface area contributed by atoms with Gasteiger partial charge < -0.3 is 10.3 Å². The van der Waals surface area contributed by atoms with Crippen LogP contribution in [0, 0.1) is 0 Å². The Morgan fingerprint density at radius 2 is 2.43 bits per heavy atom. The molecule has 0 fully saturated rings. The summed E-state index contributed by atoms with van der Waals surface area (Å²) in [4.78, 5) is 28.0. The first-order valence-corrected chi connectivity index (χ1v) is 4.66. The smallest absolute Gasteiger partial charge is 0.271 e. The van der Waals surface area contributed by atoms with Crippen molar-refractivity contribution in [1.82, 2.24) is 15.3 Å². The van der Waals surface area contributed by atoms with E-state index in [1.165, 1.54) is 6.20 Å². The van der Waals surface area contributed by atoms with E-state index in [1.54, 1.807) is 0 Å². The van der Waals surface area contributed by atoms with E-state index in [9.17, 15) is 9.59 Å². The number of halogens is 1. The number of carbonyl (C=O) groups excluding carboxylic acids is 1. The number of carbonyl (C=O) groups is 1. The van der Waals surface area contributed by atoms with Crippen LogP contribution in [0.2, 0.25) is 0 Å². The molecule has 0 bridgehead atoms. The molecule has 6 heteroatoms. The first-order chi connectivity index (χ1) is 6.74. The zero-order chi connectivity index (χ0) is 10.4. The van der Waals surface area contributed by atoms with Crippen LogP contribution in [0.15, 0.2) is 17.2 Å². The van der Waals surface area contributed by atoms with Crippen molar-refractivity contribution in [3.8, 4) is 0 Å². The molecule has 1 aromatic rings. The van der Waals surface area contributed by atoms with E-state index in [-0.39, 0.29) is 17.2 Å². The maximum Gasteiger partial charge on any atom is 0.271 e. The highest BCUT2D eigenvalue weighted by molar-refractivity contribution is 6.17. The number of aromatic amines is 1. The Kier molecular flexibility index (Phi) is 4.12. The van der Waals surface area contributed by atoms with Crippen molar-refractivity contribution in [2.75, 3.05) is 12.4 Å². The fourth-order valence-corrected chi connectivity index (χ4v) is 0.959. The number of rotatable bonds is 4. The van der Waals surface area contributed by atoms with Crippen molar-refractivity contribution in [2.45, 2.75) is 6.42 Å². The predicted molar refractivity (Wildman–Crippen MR) is 52.5 cm³/mol. The number of hydrogen-bond donors (Lipinski definition) is 2. The third-order valence-electron chi connectivity index (χ3n) is 1.50. The molecule has 0 spiro atoms. The Morgan fingerprint density at radius 1 is 1.64 bits per heavy atom. The fraction of sp³-hybridized carbons (Fsp3) is 0.375. The molecule has 0 atom stereocenters. The molecule has 0 saturated carbocycles. The van der Waals surface area contributed by atoms with Crippen LogP contribution >= 0.6 is 11.6 Å². The van der Waals surface area contributed by atoms with E-state index >= 15 is 0 Å². The van der Waals surface area contributed by atoms with Crippen LogP contribution in [-0.4, -0.2) is 28.3 Å². The van der Waals surface area contributed by atoms with E-state index in [4.69, 9.17) is 11.6 Å². The molecule has 14 heavy (non-hydrogen) atoms. The number of H-pyrrole nitrogens is 1. The lowest BCUT2D eigenvalue weighted by atomic mass is 10.4. The van der Waals surface area contributed by atoms with Gasteiger partial charge in [-0.05, 0) is 6.42 Å². The molecule has 0 aromatic carbocycles. The molecule has 1 amide bonds. The third-order valence-corrected chi connectivity index (χ3v) is 1.77. The lowest BCUT2D eigenvalue weighted by Crippen LogP contribution is -2.26. The van der Waals surface area contributed by atoms with E-state index in [1.807, 2.05) is 0 Å². The largest absolute Gasteiger partial charge is 0.351 e. The zero-order valence-corrected chi connectivity index (χ0v) is 8.17. The summed E-state index contributed by atoms with van der Waals surface area (Å²) >= 11 is 5.44. The van der Waals surface area contributed by atoms with Gasteiger partial charge in [0.1, 0.15) is 5.69 Å². The summed E-state index contributed by atoms with van der Waals surface area (Å²) in [7, 11) is 0. The van der Waals surface area contributed by atoms with Gasteiger partial charge in [-0.2, -0.15) is 0 Å². The average Bonchev–Trinajstić information content (AvgIpc) is 2.19. The van der Waals surface area contributed by atoms with E-state index in [0.29, 0.717) is 18.8 Å². The molecule has 0 saturated heterocycles. The van der Waals surface area contributed by atoms with Gasteiger partial charge in [-0.1, -0.05) is 0 Å². The normalized spacial score (nSPS) is 9.79. The lowest BCUT2D eigenvalue weighted by Gasteiger charge is -2.01. The average molecular weight is 216 g/mol. The molecule has 2 N–H and O–H groups in total. The lowest BCUT2D eigenvalue weighted by molar-refractivity contribution is 0.0948. The van der Waals surface area contributed by atoms with Gasteiger partial charge >= 0.3 is 0 Å². The van der Waals surface area contributed by atoms with Gasteiger partial charge in [0.2, 0.25) is 0 Å². The Bertz CT molecular complexity index is 343. The van der Waals surface area contributed by atoms with Gasteiger partial charge in [0.25, 0.3) is 11.5 Å². The Morgan fingerprint density at radius 3 is 3.00 bits per heavy atom. The second-order valence-corrected chi connectivity index (χ2v) is 2.97. The minimum Gasteiger partial charge on any atom is -0.351 e. The quantitative estimate of drug-likeness (QED) is 0.554. The standard InChI is InChI=1S/C8H10ClN3O2/c9-2-1-3-10-8(14)6-4-12-7(13)5-11-6/h4-5H,1-3H2,(H,10,14)(H,12,13). The summed E-state index contributed by atoms with van der Waals surface area (Å²) in [6.07, 6.45) is 3.05. The SMILES string of the molecule is O=C(NCCCCl)c1c[nH]c(=O)cn1. The van der Waals surface area contributed by atoms with Gasteiger partial charge in [0.05, 0.1) is 6.20 Å². The van der Waals surface area contributed by atoms with Crippen molar-refractivity contribution >= 4 is 17.5 Å². The zero-order valence-electron chi connectivity index (χ0n) is 7.42. The third kappa shape index (κ3) is 3.18. The summed E-state index contributed by atoms with van der Waals surface area (Å²) in [5.41, 5.74) is -0.138. The van der Waals surface area contributed by atoms with Gasteiger partial charge in [0.15, 0.2) is 0 Å². The van der Waals surface area contributed by atoms with Gasteiger partial charge in [0, 0.05) is 18.6 Å². The van der Waals surface area contributed by atoms with Crippen LogP contribution in [0.3, 0.4) is 0 Å². The molecule has 5 nitrogen and oxygen atoms in total. The first kappa shape index (κ1) is 10.7. The Labute approximate surface area is 85.5 Å². The van der Waals surface area contributed by atoms with Crippen LogP contribution in [0.5, 0.6) is 0 Å². The molecular weight excluding hydrogens is 206 g/mol. The fourth-order valence-electron chi connectivity index (χ4n) is 0.826. The maximum absolute atomic E-state index is 11.3. The van der Waals surface area contributed by atoms with Crippen molar-refractivity contribution in [3.05, 3.63) is 28.4 Å². The minimum atomic E-state index is -0.331. The number of nitrogens with one attached hydrogen (secondary N) is 2. The summed E-state index contributed by atoms with van der Waals surface area (Å²) in [5, 5.41) is 2.61. The van der Waals surface area contributed by atoms with Crippen molar-refractivity contribution in [2.24, 2.45) is 0 Å². The van der Waals surface area contributed by atoms with Crippen LogP contribution in [0.4, 0.5) is 0 Å². The molecule has 1 rings (SSSR count). The van der Waals surface area contributed by atoms with E-state index in [2.05, 4.69) is 15.3 Å². The van der Waals surface area contributed by atoms with Crippen LogP contribution < -0.4 is 10.9 Å². The second kappa shape index (κ2) is 5.39. The van der Waals surface area contributed by atoms with Gasteiger partial charge in [-0.25, -0.2) is 4.98 Å². The molecule has 1 aromatic heterocycles. The molecule has 76 valence electrons. The molecule has 0 aliphatic heterocycles. The van der Waals surface area contributed by atoms with Crippen molar-refractivity contribution < 1.29 is 4.79 Å². The van der Waals surface area contributed by atoms with Gasteiger partial charge in [-0.3, -0.25) is 9.59 Å². The van der Waals surface area contributed by atoms with Crippen molar-refractivity contribution in [1.29, 1.82) is 0 Å². The minimum absolute atomic E-state index is 0.194. The number of hydrogen-bond acceptors (Lipinski definition) is 3. The van der Waals surface area contributed by atoms with Crippen molar-refractivity contribution in [3.63, 3.8) is 0 Å². The van der Waals surface area contributed by atoms with Crippen LogP contribution in [0.25, 0.3) is 0 Å². The number of nitrogens with zero attached hydrogens (tertiary/aromatic N) is 1. The summed E-state index contributed by atoms with van der Waals surface area (Å²) in [6, 6.07) is 0.